The summed E-state index contributed by atoms with van der Waals surface area (Å²) in [5.74, 6) is 0.957. The summed E-state index contributed by atoms with van der Waals surface area (Å²) < 4.78 is 37.9. The van der Waals surface area contributed by atoms with E-state index in [-0.39, 0.29) is 13.0 Å². The molecule has 0 aliphatic carbocycles. The molecule has 1 atom stereocenters. The molecule has 0 bridgehead atoms. The Hall–Kier alpha value is -1.38. The second-order valence-corrected chi connectivity index (χ2v) is 6.67. The van der Waals surface area contributed by atoms with Crippen LogP contribution in [0.1, 0.15) is 36.5 Å². The molecule has 120 valence electrons. The van der Waals surface area contributed by atoms with Crippen molar-refractivity contribution in [3.8, 4) is 0 Å². The highest BCUT2D eigenvalue weighted by Crippen LogP contribution is 2.22. The van der Waals surface area contributed by atoms with Crippen LogP contribution >= 0.6 is 0 Å². The number of furan rings is 1. The first-order valence-corrected chi connectivity index (χ1v) is 7.98. The van der Waals surface area contributed by atoms with Gasteiger partial charge in [0.2, 0.25) is 0 Å². The standard InChI is InChI=1S/C13H22N2O5S/c1-9-8-12(11(3)20-9)10(2)14-21(17,18)15(4)7-6-13(16)19-5/h8,10,14H,6-7H2,1-5H3. The smallest absolute Gasteiger partial charge is 0.306 e. The molecule has 8 heteroatoms. The van der Waals surface area contributed by atoms with Crippen LogP contribution in [0.15, 0.2) is 10.5 Å². The molecule has 0 radical (unpaired) electrons. The molecule has 0 amide bonds. The van der Waals surface area contributed by atoms with Crippen LogP contribution in [0.2, 0.25) is 0 Å². The van der Waals surface area contributed by atoms with Gasteiger partial charge in [-0.25, -0.2) is 0 Å². The van der Waals surface area contributed by atoms with Gasteiger partial charge in [-0.3, -0.25) is 4.79 Å². The zero-order chi connectivity index (χ0) is 16.2. The quantitative estimate of drug-likeness (QED) is 0.765. The summed E-state index contributed by atoms with van der Waals surface area (Å²) in [6.45, 7) is 5.38. The summed E-state index contributed by atoms with van der Waals surface area (Å²) in [5.41, 5.74) is 0.789. The molecule has 0 spiro atoms. The topological polar surface area (TPSA) is 88.8 Å². The zero-order valence-corrected chi connectivity index (χ0v) is 13.8. The molecule has 1 rings (SSSR count). The Balaban J connectivity index is 2.71. The zero-order valence-electron chi connectivity index (χ0n) is 13.0. The maximum atomic E-state index is 12.2. The van der Waals surface area contributed by atoms with E-state index in [9.17, 15) is 13.2 Å². The first-order chi connectivity index (χ1) is 9.67. The first kappa shape index (κ1) is 17.7. The summed E-state index contributed by atoms with van der Waals surface area (Å²) in [7, 11) is -1.01. The molecular weight excluding hydrogens is 296 g/mol. The Kier molecular flexibility index (Phi) is 5.94. The van der Waals surface area contributed by atoms with E-state index in [2.05, 4.69) is 9.46 Å². The molecule has 7 nitrogen and oxygen atoms in total. The number of aryl methyl sites for hydroxylation is 2. The Bertz CT molecular complexity index is 594. The molecule has 1 aromatic rings. The minimum absolute atomic E-state index is 0.00609. The highest BCUT2D eigenvalue weighted by Gasteiger charge is 2.23. The Morgan fingerprint density at radius 3 is 2.57 bits per heavy atom. The number of methoxy groups -OCH3 is 1. The van der Waals surface area contributed by atoms with E-state index in [1.165, 1.54) is 14.2 Å². The summed E-state index contributed by atoms with van der Waals surface area (Å²) in [6.07, 6.45) is 0.00609. The number of ether oxygens (including phenoxy) is 1. The molecule has 0 aromatic carbocycles. The lowest BCUT2D eigenvalue weighted by atomic mass is 10.1. The number of nitrogens with one attached hydrogen (secondary N) is 1. The summed E-state index contributed by atoms with van der Waals surface area (Å²) >= 11 is 0. The number of nitrogens with zero attached hydrogens (tertiary/aromatic N) is 1. The summed E-state index contributed by atoms with van der Waals surface area (Å²) in [4.78, 5) is 11.1. The van der Waals surface area contributed by atoms with Crippen LogP contribution in [0.25, 0.3) is 0 Å². The third-order valence-corrected chi connectivity index (χ3v) is 4.80. The van der Waals surface area contributed by atoms with Gasteiger partial charge in [0.25, 0.3) is 10.2 Å². The Morgan fingerprint density at radius 2 is 2.10 bits per heavy atom. The maximum absolute atomic E-state index is 12.2. The van der Waals surface area contributed by atoms with Crippen molar-refractivity contribution in [2.24, 2.45) is 0 Å². The fourth-order valence-electron chi connectivity index (χ4n) is 1.93. The lowest BCUT2D eigenvalue weighted by Gasteiger charge is -2.20. The van der Waals surface area contributed by atoms with E-state index in [1.807, 2.05) is 0 Å². The number of rotatable bonds is 7. The van der Waals surface area contributed by atoms with Crippen molar-refractivity contribution in [2.75, 3.05) is 20.7 Å². The molecule has 0 saturated carbocycles. The summed E-state index contributed by atoms with van der Waals surface area (Å²) in [5, 5.41) is 0. The van der Waals surface area contributed by atoms with Crippen LogP contribution in [0.5, 0.6) is 0 Å². The van der Waals surface area contributed by atoms with Crippen molar-refractivity contribution >= 4 is 16.2 Å². The van der Waals surface area contributed by atoms with Crippen LogP contribution in [-0.4, -0.2) is 39.4 Å². The van der Waals surface area contributed by atoms with E-state index >= 15 is 0 Å². The highest BCUT2D eigenvalue weighted by atomic mass is 32.2. The fourth-order valence-corrected chi connectivity index (χ4v) is 3.01. The molecule has 0 aliphatic heterocycles. The number of carbonyl (C=O) groups is 1. The molecule has 0 aliphatic rings. The first-order valence-electron chi connectivity index (χ1n) is 6.54. The molecule has 0 fully saturated rings. The largest absolute Gasteiger partial charge is 0.469 e. The Morgan fingerprint density at radius 1 is 1.48 bits per heavy atom. The number of carbonyl (C=O) groups excluding carboxylic acids is 1. The van der Waals surface area contributed by atoms with E-state index in [0.717, 1.165) is 15.6 Å². The monoisotopic (exact) mass is 318 g/mol. The Labute approximate surface area is 125 Å². The minimum atomic E-state index is -3.69. The van der Waals surface area contributed by atoms with Gasteiger partial charge in [-0.1, -0.05) is 0 Å². The van der Waals surface area contributed by atoms with Crippen LogP contribution in [0, 0.1) is 13.8 Å². The fraction of sp³-hybridized carbons (Fsp3) is 0.615. The number of hydrogen-bond donors (Lipinski definition) is 1. The predicted molar refractivity (Wildman–Crippen MR) is 77.9 cm³/mol. The SMILES string of the molecule is COC(=O)CCN(C)S(=O)(=O)NC(C)c1cc(C)oc1C. The van der Waals surface area contributed by atoms with Gasteiger partial charge in [-0.05, 0) is 26.8 Å². The number of esters is 1. The van der Waals surface area contributed by atoms with Crippen molar-refractivity contribution < 1.29 is 22.4 Å². The van der Waals surface area contributed by atoms with Gasteiger partial charge in [0, 0.05) is 25.2 Å². The highest BCUT2D eigenvalue weighted by molar-refractivity contribution is 7.87. The van der Waals surface area contributed by atoms with Crippen molar-refractivity contribution in [1.29, 1.82) is 0 Å². The van der Waals surface area contributed by atoms with Crippen LogP contribution < -0.4 is 4.72 Å². The third kappa shape index (κ3) is 4.83. The van der Waals surface area contributed by atoms with Gasteiger partial charge in [0.05, 0.1) is 13.5 Å². The molecular formula is C13H22N2O5S. The van der Waals surface area contributed by atoms with E-state index < -0.39 is 22.2 Å². The van der Waals surface area contributed by atoms with Gasteiger partial charge in [0.15, 0.2) is 0 Å². The minimum Gasteiger partial charge on any atom is -0.469 e. The van der Waals surface area contributed by atoms with Crippen LogP contribution in [0.3, 0.4) is 0 Å². The van der Waals surface area contributed by atoms with Gasteiger partial charge in [-0.15, -0.1) is 0 Å². The summed E-state index contributed by atoms with van der Waals surface area (Å²) in [6, 6.07) is 1.38. The average Bonchev–Trinajstić information content (AvgIpc) is 2.73. The van der Waals surface area contributed by atoms with Crippen molar-refractivity contribution in [2.45, 2.75) is 33.2 Å². The molecule has 1 unspecified atom stereocenters. The lowest BCUT2D eigenvalue weighted by Crippen LogP contribution is -2.40. The van der Waals surface area contributed by atoms with E-state index in [1.54, 1.807) is 26.8 Å². The van der Waals surface area contributed by atoms with Gasteiger partial charge >= 0.3 is 5.97 Å². The van der Waals surface area contributed by atoms with Crippen molar-refractivity contribution in [1.82, 2.24) is 9.03 Å². The van der Waals surface area contributed by atoms with Gasteiger partial charge < -0.3 is 9.15 Å². The second-order valence-electron chi connectivity index (χ2n) is 4.86. The lowest BCUT2D eigenvalue weighted by molar-refractivity contribution is -0.140. The van der Waals surface area contributed by atoms with Crippen LogP contribution in [-0.2, 0) is 19.7 Å². The maximum Gasteiger partial charge on any atom is 0.306 e. The molecule has 1 N–H and O–H groups in total. The van der Waals surface area contributed by atoms with Gasteiger partial charge in [0.1, 0.15) is 11.5 Å². The van der Waals surface area contributed by atoms with Gasteiger partial charge in [-0.2, -0.15) is 17.4 Å². The van der Waals surface area contributed by atoms with Crippen molar-refractivity contribution in [3.05, 3.63) is 23.2 Å². The third-order valence-electron chi connectivity index (χ3n) is 3.14. The average molecular weight is 318 g/mol. The molecule has 21 heavy (non-hydrogen) atoms. The van der Waals surface area contributed by atoms with Crippen LogP contribution in [0.4, 0.5) is 0 Å². The molecule has 1 aromatic heterocycles. The molecule has 1 heterocycles. The molecule has 0 saturated heterocycles. The van der Waals surface area contributed by atoms with Crippen molar-refractivity contribution in [3.63, 3.8) is 0 Å². The number of hydrogen-bond acceptors (Lipinski definition) is 5. The normalized spacial score (nSPS) is 13.4. The predicted octanol–water partition coefficient (Wildman–Crippen LogP) is 1.29. The van der Waals surface area contributed by atoms with E-state index in [0.29, 0.717) is 5.76 Å². The second kappa shape index (κ2) is 7.06. The van der Waals surface area contributed by atoms with E-state index in [4.69, 9.17) is 4.42 Å².